The summed E-state index contributed by atoms with van der Waals surface area (Å²) in [6.45, 7) is 3.67. The van der Waals surface area contributed by atoms with Crippen LogP contribution in [-0.4, -0.2) is 21.0 Å². The number of benzene rings is 1. The van der Waals surface area contributed by atoms with E-state index in [0.29, 0.717) is 11.6 Å². The van der Waals surface area contributed by atoms with E-state index in [1.165, 1.54) is 18.5 Å². The third-order valence-electron chi connectivity index (χ3n) is 2.43. The molecule has 0 atom stereocenters. The number of hydrogen-bond donors (Lipinski definition) is 1. The molecule has 5 heteroatoms. The van der Waals surface area contributed by atoms with Crippen LogP contribution in [0.5, 0.6) is 11.6 Å². The minimum atomic E-state index is -0.987. The lowest BCUT2D eigenvalue weighted by Gasteiger charge is -2.08. The standard InChI is InChI=1S/C13H12N2O3/c1-8-3-4-10(13(16)17)6-11(8)18-12-5-9(2)14-7-15-12/h3-7H,1-2H3,(H,16,17). The molecule has 1 aromatic carbocycles. The highest BCUT2D eigenvalue weighted by Gasteiger charge is 2.08. The van der Waals surface area contributed by atoms with Crippen LogP contribution in [0.3, 0.4) is 0 Å². The number of aromatic carboxylic acids is 1. The fourth-order valence-electron chi connectivity index (χ4n) is 1.44. The number of rotatable bonds is 3. The van der Waals surface area contributed by atoms with Gasteiger partial charge in [0.25, 0.3) is 0 Å². The predicted octanol–water partition coefficient (Wildman–Crippen LogP) is 2.58. The van der Waals surface area contributed by atoms with Gasteiger partial charge in [0.1, 0.15) is 12.1 Å². The van der Waals surface area contributed by atoms with Crippen molar-refractivity contribution in [3.8, 4) is 11.6 Å². The summed E-state index contributed by atoms with van der Waals surface area (Å²) in [5.74, 6) is -0.111. The Morgan fingerprint density at radius 1 is 1.22 bits per heavy atom. The van der Waals surface area contributed by atoms with Gasteiger partial charge in [-0.1, -0.05) is 6.07 Å². The van der Waals surface area contributed by atoms with Crippen molar-refractivity contribution >= 4 is 5.97 Å². The van der Waals surface area contributed by atoms with Crippen LogP contribution in [0.4, 0.5) is 0 Å². The molecular weight excluding hydrogens is 232 g/mol. The maximum Gasteiger partial charge on any atom is 0.335 e. The van der Waals surface area contributed by atoms with E-state index in [0.717, 1.165) is 11.3 Å². The van der Waals surface area contributed by atoms with Gasteiger partial charge in [-0.25, -0.2) is 14.8 Å². The number of nitrogens with zero attached hydrogens (tertiary/aromatic N) is 2. The second-order valence-electron chi connectivity index (χ2n) is 3.89. The molecule has 0 saturated carbocycles. The topological polar surface area (TPSA) is 72.3 Å². The molecule has 0 bridgehead atoms. The van der Waals surface area contributed by atoms with Crippen LogP contribution in [0.1, 0.15) is 21.6 Å². The lowest BCUT2D eigenvalue weighted by Crippen LogP contribution is -1.98. The summed E-state index contributed by atoms with van der Waals surface area (Å²) in [6.07, 6.45) is 1.40. The molecule has 0 aliphatic carbocycles. The largest absolute Gasteiger partial charge is 0.478 e. The Morgan fingerprint density at radius 2 is 2.00 bits per heavy atom. The monoisotopic (exact) mass is 244 g/mol. The minimum absolute atomic E-state index is 0.182. The quantitative estimate of drug-likeness (QED) is 0.898. The van der Waals surface area contributed by atoms with Gasteiger partial charge in [-0.2, -0.15) is 0 Å². The van der Waals surface area contributed by atoms with Gasteiger partial charge >= 0.3 is 5.97 Å². The Morgan fingerprint density at radius 3 is 2.67 bits per heavy atom. The lowest BCUT2D eigenvalue weighted by atomic mass is 10.1. The van der Waals surface area contributed by atoms with Crippen LogP contribution in [-0.2, 0) is 0 Å². The van der Waals surface area contributed by atoms with Crippen molar-refractivity contribution in [2.75, 3.05) is 0 Å². The summed E-state index contributed by atoms with van der Waals surface area (Å²) in [5.41, 5.74) is 1.81. The van der Waals surface area contributed by atoms with Gasteiger partial charge in [0.15, 0.2) is 0 Å². The van der Waals surface area contributed by atoms with E-state index < -0.39 is 5.97 Å². The number of carbonyl (C=O) groups is 1. The zero-order chi connectivity index (χ0) is 13.1. The molecule has 1 aromatic heterocycles. The molecule has 1 N–H and O–H groups in total. The van der Waals surface area contributed by atoms with Gasteiger partial charge in [0.05, 0.1) is 5.56 Å². The number of ether oxygens (including phenoxy) is 1. The second kappa shape index (κ2) is 4.83. The first-order chi connectivity index (χ1) is 8.56. The summed E-state index contributed by atoms with van der Waals surface area (Å²) < 4.78 is 5.57. The maximum atomic E-state index is 10.9. The van der Waals surface area contributed by atoms with E-state index in [1.807, 2.05) is 13.8 Å². The number of carboxylic acids is 1. The van der Waals surface area contributed by atoms with Crippen molar-refractivity contribution in [3.63, 3.8) is 0 Å². The van der Waals surface area contributed by atoms with E-state index in [-0.39, 0.29) is 5.56 Å². The zero-order valence-electron chi connectivity index (χ0n) is 10.0. The first-order valence-electron chi connectivity index (χ1n) is 5.36. The van der Waals surface area contributed by atoms with Crippen molar-refractivity contribution < 1.29 is 14.6 Å². The van der Waals surface area contributed by atoms with Crippen LogP contribution in [0.15, 0.2) is 30.6 Å². The molecule has 92 valence electrons. The Bertz CT molecular complexity index is 597. The van der Waals surface area contributed by atoms with Crippen LogP contribution in [0.25, 0.3) is 0 Å². The van der Waals surface area contributed by atoms with E-state index in [9.17, 15) is 4.79 Å². The van der Waals surface area contributed by atoms with Gasteiger partial charge in [-0.3, -0.25) is 0 Å². The van der Waals surface area contributed by atoms with Crippen LogP contribution in [0, 0.1) is 13.8 Å². The second-order valence-corrected chi connectivity index (χ2v) is 3.89. The van der Waals surface area contributed by atoms with E-state index in [4.69, 9.17) is 9.84 Å². The highest BCUT2D eigenvalue weighted by atomic mass is 16.5. The number of aromatic nitrogens is 2. The van der Waals surface area contributed by atoms with Crippen LogP contribution >= 0.6 is 0 Å². The van der Waals surface area contributed by atoms with Crippen molar-refractivity contribution in [1.82, 2.24) is 9.97 Å². The Hall–Kier alpha value is -2.43. The van der Waals surface area contributed by atoms with Crippen molar-refractivity contribution in [3.05, 3.63) is 47.4 Å². The van der Waals surface area contributed by atoms with Gasteiger partial charge in [-0.05, 0) is 31.5 Å². The molecule has 0 aliphatic rings. The molecule has 0 aliphatic heterocycles. The summed E-state index contributed by atoms with van der Waals surface area (Å²) in [5, 5.41) is 8.93. The van der Waals surface area contributed by atoms with E-state index in [2.05, 4.69) is 9.97 Å². The van der Waals surface area contributed by atoms with Gasteiger partial charge < -0.3 is 9.84 Å². The average molecular weight is 244 g/mol. The summed E-state index contributed by atoms with van der Waals surface area (Å²) in [6, 6.07) is 6.41. The third-order valence-corrected chi connectivity index (χ3v) is 2.43. The Balaban J connectivity index is 2.33. The van der Waals surface area contributed by atoms with Crippen LogP contribution < -0.4 is 4.74 Å². The van der Waals surface area contributed by atoms with Gasteiger partial charge in [-0.15, -0.1) is 0 Å². The fourth-order valence-corrected chi connectivity index (χ4v) is 1.44. The number of carboxylic acid groups (broad SMARTS) is 1. The normalized spacial score (nSPS) is 10.1. The van der Waals surface area contributed by atoms with Crippen molar-refractivity contribution in [2.24, 2.45) is 0 Å². The summed E-state index contributed by atoms with van der Waals surface area (Å²) >= 11 is 0. The first kappa shape index (κ1) is 12.0. The van der Waals surface area contributed by atoms with Crippen molar-refractivity contribution in [2.45, 2.75) is 13.8 Å². The molecule has 0 saturated heterocycles. The lowest BCUT2D eigenvalue weighted by molar-refractivity contribution is 0.0696. The van der Waals surface area contributed by atoms with Gasteiger partial charge in [0.2, 0.25) is 5.88 Å². The maximum absolute atomic E-state index is 10.9. The highest BCUT2D eigenvalue weighted by Crippen LogP contribution is 2.24. The minimum Gasteiger partial charge on any atom is -0.478 e. The SMILES string of the molecule is Cc1cc(Oc2cc(C(=O)O)ccc2C)ncn1. The zero-order valence-corrected chi connectivity index (χ0v) is 10.0. The predicted molar refractivity (Wildman–Crippen MR) is 65.0 cm³/mol. The van der Waals surface area contributed by atoms with Crippen LogP contribution in [0.2, 0.25) is 0 Å². The van der Waals surface area contributed by atoms with Crippen molar-refractivity contribution in [1.29, 1.82) is 0 Å². The third kappa shape index (κ3) is 2.63. The molecule has 1 heterocycles. The molecule has 0 unspecified atom stereocenters. The molecule has 0 fully saturated rings. The smallest absolute Gasteiger partial charge is 0.335 e. The van der Waals surface area contributed by atoms with E-state index >= 15 is 0 Å². The average Bonchev–Trinajstić information content (AvgIpc) is 2.31. The molecular formula is C13H12N2O3. The molecule has 18 heavy (non-hydrogen) atoms. The molecule has 2 rings (SSSR count). The first-order valence-corrected chi connectivity index (χ1v) is 5.36. The molecule has 0 amide bonds. The summed E-state index contributed by atoms with van der Waals surface area (Å²) in [4.78, 5) is 18.8. The molecule has 2 aromatic rings. The summed E-state index contributed by atoms with van der Waals surface area (Å²) in [7, 11) is 0. The highest BCUT2D eigenvalue weighted by molar-refractivity contribution is 5.88. The molecule has 0 spiro atoms. The number of aryl methyl sites for hydroxylation is 2. The Labute approximate surface area is 104 Å². The number of hydrogen-bond acceptors (Lipinski definition) is 4. The molecule has 5 nitrogen and oxygen atoms in total. The molecule has 0 radical (unpaired) electrons. The van der Waals surface area contributed by atoms with Gasteiger partial charge in [0, 0.05) is 11.8 Å². The van der Waals surface area contributed by atoms with E-state index in [1.54, 1.807) is 12.1 Å². The fraction of sp³-hybridized carbons (Fsp3) is 0.154. The Kier molecular flexibility index (Phi) is 3.23.